The Hall–Kier alpha value is -1.74. The Morgan fingerprint density at radius 1 is 1.40 bits per heavy atom. The van der Waals surface area contributed by atoms with Gasteiger partial charge in [0.05, 0.1) is 6.42 Å². The predicted octanol–water partition coefficient (Wildman–Crippen LogP) is -1.65. The quantitative estimate of drug-likeness (QED) is 0.508. The first-order chi connectivity index (χ1) is 9.42. The highest BCUT2D eigenvalue weighted by atomic mass is 32.1. The molecule has 0 aromatic heterocycles. The number of aliphatic hydroxyl groups excluding tert-OH is 1. The molecule has 112 valence electrons. The van der Waals surface area contributed by atoms with Crippen LogP contribution in [-0.2, 0) is 14.4 Å². The summed E-state index contributed by atoms with van der Waals surface area (Å²) in [7, 11) is 2.95. The molecule has 0 aliphatic carbocycles. The molecule has 9 heteroatoms. The van der Waals surface area contributed by atoms with Crippen LogP contribution in [0.1, 0.15) is 19.3 Å². The van der Waals surface area contributed by atoms with Crippen LogP contribution in [0.3, 0.4) is 0 Å². The van der Waals surface area contributed by atoms with Gasteiger partial charge >= 0.3 is 0 Å². The van der Waals surface area contributed by atoms with Crippen LogP contribution in [0.15, 0.2) is 0 Å². The lowest BCUT2D eigenvalue weighted by atomic mass is 10.2. The number of carbonyl (C=O) groups excluding carboxylic acids is 3. The van der Waals surface area contributed by atoms with Gasteiger partial charge in [-0.25, -0.2) is 5.01 Å². The maximum absolute atomic E-state index is 12.0. The van der Waals surface area contributed by atoms with Crippen molar-refractivity contribution in [1.29, 1.82) is 0 Å². The van der Waals surface area contributed by atoms with E-state index in [4.69, 9.17) is 17.3 Å². The number of nitrogens with one attached hydrogen (secondary N) is 2. The van der Waals surface area contributed by atoms with Crippen LogP contribution in [0.2, 0.25) is 0 Å². The van der Waals surface area contributed by atoms with Crippen LogP contribution in [0.25, 0.3) is 0 Å². The van der Waals surface area contributed by atoms with Gasteiger partial charge in [-0.2, -0.15) is 0 Å². The Balaban J connectivity index is 2.77. The van der Waals surface area contributed by atoms with E-state index in [-0.39, 0.29) is 42.3 Å². The van der Waals surface area contributed by atoms with E-state index < -0.39 is 6.04 Å². The van der Waals surface area contributed by atoms with E-state index in [1.54, 1.807) is 0 Å². The van der Waals surface area contributed by atoms with E-state index in [0.29, 0.717) is 6.42 Å². The van der Waals surface area contributed by atoms with Gasteiger partial charge in [0.25, 0.3) is 5.91 Å². The molecular weight excluding hydrogens is 284 g/mol. The number of hydrogen-bond donors (Lipinski definition) is 3. The Morgan fingerprint density at radius 3 is 2.60 bits per heavy atom. The largest absolute Gasteiger partial charge is 0.396 e. The smallest absolute Gasteiger partial charge is 0.253 e. The van der Waals surface area contributed by atoms with Crippen molar-refractivity contribution in [3.05, 3.63) is 0 Å². The van der Waals surface area contributed by atoms with Gasteiger partial charge in [-0.15, -0.1) is 0 Å². The Kier molecular flexibility index (Phi) is 5.83. The fraction of sp³-hybridized carbons (Fsp3) is 0.636. The van der Waals surface area contributed by atoms with Crippen molar-refractivity contribution in [3.63, 3.8) is 0 Å². The number of aliphatic hydroxyl groups is 1. The third-order valence-electron chi connectivity index (χ3n) is 2.89. The van der Waals surface area contributed by atoms with Crippen molar-refractivity contribution < 1.29 is 19.5 Å². The molecule has 1 unspecified atom stereocenters. The number of rotatable bonds is 6. The summed E-state index contributed by atoms with van der Waals surface area (Å²) in [4.78, 5) is 36.3. The minimum absolute atomic E-state index is 0.0971. The van der Waals surface area contributed by atoms with E-state index in [1.165, 1.54) is 24.0 Å². The molecule has 0 spiro atoms. The summed E-state index contributed by atoms with van der Waals surface area (Å²) in [6, 6.07) is -0.842. The maximum atomic E-state index is 12.0. The first-order valence-corrected chi connectivity index (χ1v) is 6.54. The molecule has 1 aliphatic rings. The predicted molar refractivity (Wildman–Crippen MR) is 74.1 cm³/mol. The zero-order chi connectivity index (χ0) is 15.3. The molecule has 3 amide bonds. The zero-order valence-electron chi connectivity index (χ0n) is 11.4. The molecule has 1 heterocycles. The summed E-state index contributed by atoms with van der Waals surface area (Å²) in [5.41, 5.74) is 2.50. The van der Waals surface area contributed by atoms with Crippen LogP contribution in [0.5, 0.6) is 0 Å². The van der Waals surface area contributed by atoms with Gasteiger partial charge < -0.3 is 10.4 Å². The minimum Gasteiger partial charge on any atom is -0.396 e. The van der Waals surface area contributed by atoms with Crippen molar-refractivity contribution in [3.8, 4) is 0 Å². The average molecular weight is 302 g/mol. The monoisotopic (exact) mass is 302 g/mol. The molecule has 0 aromatic rings. The number of thiocarbonyl (C=S) groups is 1. The topological polar surface area (TPSA) is 102 Å². The van der Waals surface area contributed by atoms with Crippen LogP contribution >= 0.6 is 12.2 Å². The lowest BCUT2D eigenvalue weighted by Crippen LogP contribution is -2.49. The summed E-state index contributed by atoms with van der Waals surface area (Å²) in [6.07, 6.45) is 0.330. The molecule has 0 aromatic carbocycles. The highest BCUT2D eigenvalue weighted by molar-refractivity contribution is 7.80. The van der Waals surface area contributed by atoms with E-state index in [0.717, 1.165) is 0 Å². The van der Waals surface area contributed by atoms with E-state index in [1.807, 2.05) is 0 Å². The molecule has 20 heavy (non-hydrogen) atoms. The lowest BCUT2D eigenvalue weighted by Gasteiger charge is -2.23. The normalized spacial score (nSPS) is 18.4. The molecule has 1 aliphatic heterocycles. The van der Waals surface area contributed by atoms with Gasteiger partial charge in [0, 0.05) is 27.1 Å². The van der Waals surface area contributed by atoms with Gasteiger partial charge in [0.1, 0.15) is 6.04 Å². The van der Waals surface area contributed by atoms with Crippen LogP contribution in [-0.4, -0.2) is 64.6 Å². The standard InChI is InChI=1S/C11H18N4O4S/c1-12-9(18)6-7-10(19)14(2)11(20)15(7)13-8(17)4-3-5-16/h7,16H,3-6H2,1-2H3,(H,12,18)(H,13,17). The summed E-state index contributed by atoms with van der Waals surface area (Å²) in [5.74, 6) is -1.04. The zero-order valence-corrected chi connectivity index (χ0v) is 12.2. The van der Waals surface area contributed by atoms with Gasteiger partial charge in [-0.05, 0) is 18.6 Å². The van der Waals surface area contributed by atoms with Gasteiger partial charge in [-0.3, -0.25) is 24.7 Å². The van der Waals surface area contributed by atoms with Crippen molar-refractivity contribution in [2.24, 2.45) is 0 Å². The number of likely N-dealkylation sites (N-methyl/N-ethyl adjacent to an activating group) is 1. The first kappa shape index (κ1) is 16.3. The molecule has 1 saturated heterocycles. The third-order valence-corrected chi connectivity index (χ3v) is 3.36. The Bertz CT molecular complexity index is 429. The summed E-state index contributed by atoms with van der Waals surface area (Å²) in [6.45, 7) is -0.0988. The van der Waals surface area contributed by atoms with E-state index in [9.17, 15) is 14.4 Å². The van der Waals surface area contributed by atoms with Gasteiger partial charge in [0.2, 0.25) is 11.8 Å². The number of amides is 3. The molecular formula is C11H18N4O4S. The highest BCUT2D eigenvalue weighted by Gasteiger charge is 2.42. The Labute approximate surface area is 122 Å². The lowest BCUT2D eigenvalue weighted by molar-refractivity contribution is -0.133. The second kappa shape index (κ2) is 7.15. The number of carbonyl (C=O) groups is 3. The summed E-state index contributed by atoms with van der Waals surface area (Å²) < 4.78 is 0. The van der Waals surface area contributed by atoms with Gasteiger partial charge in [-0.1, -0.05) is 0 Å². The number of hydrazine groups is 1. The molecule has 1 rings (SSSR count). The van der Waals surface area contributed by atoms with E-state index >= 15 is 0 Å². The van der Waals surface area contributed by atoms with Crippen LogP contribution in [0.4, 0.5) is 0 Å². The van der Waals surface area contributed by atoms with Gasteiger partial charge in [0.15, 0.2) is 5.11 Å². The molecule has 1 fully saturated rings. The van der Waals surface area contributed by atoms with E-state index in [2.05, 4.69) is 10.7 Å². The number of nitrogens with zero attached hydrogens (tertiary/aromatic N) is 2. The molecule has 0 bridgehead atoms. The second-order valence-corrected chi connectivity index (χ2v) is 4.67. The molecule has 1 atom stereocenters. The highest BCUT2D eigenvalue weighted by Crippen LogP contribution is 2.17. The van der Waals surface area contributed by atoms with Crippen molar-refractivity contribution in [1.82, 2.24) is 20.7 Å². The van der Waals surface area contributed by atoms with Crippen molar-refractivity contribution in [2.45, 2.75) is 25.3 Å². The molecule has 0 saturated carbocycles. The SMILES string of the molecule is CNC(=O)CC1C(=O)N(C)C(=S)N1NC(=O)CCCO. The van der Waals surface area contributed by atoms with Crippen molar-refractivity contribution in [2.75, 3.05) is 20.7 Å². The second-order valence-electron chi connectivity index (χ2n) is 4.31. The fourth-order valence-corrected chi connectivity index (χ4v) is 2.00. The maximum Gasteiger partial charge on any atom is 0.253 e. The average Bonchev–Trinajstić information content (AvgIpc) is 2.62. The molecule has 3 N–H and O–H groups in total. The molecule has 8 nitrogen and oxygen atoms in total. The molecule has 0 radical (unpaired) electrons. The Morgan fingerprint density at radius 2 is 2.05 bits per heavy atom. The van der Waals surface area contributed by atoms with Crippen LogP contribution < -0.4 is 10.7 Å². The summed E-state index contributed by atoms with van der Waals surface area (Å²) in [5, 5.41) is 12.5. The third kappa shape index (κ3) is 3.64. The van der Waals surface area contributed by atoms with Crippen LogP contribution in [0, 0.1) is 0 Å². The minimum atomic E-state index is -0.842. The first-order valence-electron chi connectivity index (χ1n) is 6.14. The summed E-state index contributed by atoms with van der Waals surface area (Å²) >= 11 is 5.07. The fourth-order valence-electron chi connectivity index (χ4n) is 1.74. The number of hydrogen-bond acceptors (Lipinski definition) is 5. The van der Waals surface area contributed by atoms with Crippen molar-refractivity contribution >= 4 is 35.1 Å².